The Morgan fingerprint density at radius 1 is 1.28 bits per heavy atom. The number of nitrogens with zero attached hydrogens (tertiary/aromatic N) is 3. The van der Waals surface area contributed by atoms with Crippen LogP contribution in [0, 0.1) is 0 Å². The Morgan fingerprint density at radius 3 is 2.61 bits per heavy atom. The Kier molecular flexibility index (Phi) is 3.41. The number of ether oxygens (including phenoxy) is 3. The molecule has 2 rings (SSSR count). The van der Waals surface area contributed by atoms with Crippen LogP contribution in [0.25, 0.3) is 0 Å². The molecule has 0 radical (unpaired) electrons. The summed E-state index contributed by atoms with van der Waals surface area (Å²) in [5, 5.41) is 0. The Bertz CT molecular complexity index is 470. The van der Waals surface area contributed by atoms with E-state index in [1.54, 1.807) is 0 Å². The third-order valence-electron chi connectivity index (χ3n) is 1.90. The molecule has 1 aliphatic rings. The number of carbonyl (C=O) groups excluding carboxylic acids is 1. The molecule has 1 aliphatic heterocycles. The summed E-state index contributed by atoms with van der Waals surface area (Å²) in [6.07, 6.45) is 1.20. The van der Waals surface area contributed by atoms with Crippen LogP contribution in [-0.2, 0) is 25.6 Å². The highest BCUT2D eigenvalue weighted by atomic mass is 16.6. The molecule has 0 bridgehead atoms. The number of carbonyl (C=O) groups is 1. The van der Waals surface area contributed by atoms with Gasteiger partial charge in [0.1, 0.15) is 19.5 Å². The van der Waals surface area contributed by atoms with Crippen LogP contribution in [0.2, 0.25) is 0 Å². The van der Waals surface area contributed by atoms with Gasteiger partial charge in [-0.15, -0.1) is 0 Å². The van der Waals surface area contributed by atoms with Gasteiger partial charge in [0, 0.05) is 0 Å². The van der Waals surface area contributed by atoms with E-state index < -0.39 is 5.97 Å². The summed E-state index contributed by atoms with van der Waals surface area (Å²) in [6.45, 7) is 0.514. The summed E-state index contributed by atoms with van der Waals surface area (Å²) in [6, 6.07) is 0. The first kappa shape index (κ1) is 11.9. The molecule has 1 aromatic heterocycles. The van der Waals surface area contributed by atoms with Crippen LogP contribution in [0.1, 0.15) is 5.82 Å². The van der Waals surface area contributed by atoms with Crippen LogP contribution in [0.5, 0.6) is 0 Å². The lowest BCUT2D eigenvalue weighted by molar-refractivity contribution is -0.146. The van der Waals surface area contributed by atoms with E-state index in [9.17, 15) is 4.79 Å². The van der Waals surface area contributed by atoms with Gasteiger partial charge in [0.15, 0.2) is 12.4 Å². The maximum absolute atomic E-state index is 11.5. The van der Waals surface area contributed by atoms with Crippen molar-refractivity contribution in [3.63, 3.8) is 0 Å². The highest BCUT2D eigenvalue weighted by molar-refractivity contribution is 5.85. The Hall–Kier alpha value is -2.58. The zero-order valence-corrected chi connectivity index (χ0v) is 9.33. The summed E-state index contributed by atoms with van der Waals surface area (Å²) in [7, 11) is 0. The van der Waals surface area contributed by atoms with Crippen molar-refractivity contribution in [3.8, 4) is 0 Å². The van der Waals surface area contributed by atoms with Gasteiger partial charge >= 0.3 is 5.97 Å². The first-order valence-electron chi connectivity index (χ1n) is 5.03. The molecule has 1 aromatic rings. The molecule has 0 spiro atoms. The summed E-state index contributed by atoms with van der Waals surface area (Å²) in [5.41, 5.74) is 10.7. The monoisotopic (exact) mass is 253 g/mol. The van der Waals surface area contributed by atoms with Crippen LogP contribution in [-0.4, -0.2) is 34.1 Å². The van der Waals surface area contributed by atoms with E-state index in [4.69, 9.17) is 25.7 Å². The molecule has 9 nitrogen and oxygen atoms in total. The van der Waals surface area contributed by atoms with Crippen molar-refractivity contribution in [1.82, 2.24) is 15.0 Å². The standard InChI is InChI=1S/C9H11N5O4/c10-8-12-6(13-9(11)14-8)4-18-7(15)5-3-16-1-2-17-5/h3H,1-2,4H2,(H4,10,11,12,13,14). The van der Waals surface area contributed by atoms with Gasteiger partial charge in [-0.1, -0.05) is 0 Å². The number of nitrogens with two attached hydrogens (primary N) is 2. The van der Waals surface area contributed by atoms with Crippen LogP contribution in [0.15, 0.2) is 12.0 Å². The molecule has 2 heterocycles. The van der Waals surface area contributed by atoms with Gasteiger partial charge < -0.3 is 25.7 Å². The van der Waals surface area contributed by atoms with Crippen LogP contribution in [0.3, 0.4) is 0 Å². The molecule has 9 heteroatoms. The Morgan fingerprint density at radius 2 is 2.00 bits per heavy atom. The average Bonchev–Trinajstić information content (AvgIpc) is 2.36. The Balaban J connectivity index is 1.94. The van der Waals surface area contributed by atoms with Crippen molar-refractivity contribution in [2.45, 2.75) is 6.61 Å². The van der Waals surface area contributed by atoms with Gasteiger partial charge in [-0.05, 0) is 0 Å². The van der Waals surface area contributed by atoms with E-state index in [0.29, 0.717) is 13.2 Å². The van der Waals surface area contributed by atoms with Crippen molar-refractivity contribution < 1.29 is 19.0 Å². The largest absolute Gasteiger partial charge is 0.493 e. The summed E-state index contributed by atoms with van der Waals surface area (Å²) in [5.74, 6) is -0.593. The van der Waals surface area contributed by atoms with Crippen molar-refractivity contribution in [3.05, 3.63) is 17.8 Å². The zero-order chi connectivity index (χ0) is 13.0. The second-order valence-electron chi connectivity index (χ2n) is 3.25. The van der Waals surface area contributed by atoms with E-state index in [-0.39, 0.29) is 30.1 Å². The van der Waals surface area contributed by atoms with Crippen molar-refractivity contribution in [2.24, 2.45) is 0 Å². The second-order valence-corrected chi connectivity index (χ2v) is 3.25. The molecule has 4 N–H and O–H groups in total. The highest BCUT2D eigenvalue weighted by Gasteiger charge is 2.17. The second kappa shape index (κ2) is 5.17. The molecule has 0 amide bonds. The third-order valence-corrected chi connectivity index (χ3v) is 1.90. The molecule has 0 aromatic carbocycles. The number of anilines is 2. The molecule has 0 atom stereocenters. The molecule has 0 fully saturated rings. The number of hydrogen-bond acceptors (Lipinski definition) is 9. The third kappa shape index (κ3) is 2.97. The van der Waals surface area contributed by atoms with E-state index in [1.165, 1.54) is 6.26 Å². The fraction of sp³-hybridized carbons (Fsp3) is 0.333. The smallest absolute Gasteiger partial charge is 0.377 e. The van der Waals surface area contributed by atoms with Gasteiger partial charge in [-0.2, -0.15) is 15.0 Å². The van der Waals surface area contributed by atoms with Gasteiger partial charge in [0.25, 0.3) is 0 Å². The SMILES string of the molecule is Nc1nc(N)nc(COC(=O)C2=COCCO2)n1. The topological polar surface area (TPSA) is 135 Å². The molecular weight excluding hydrogens is 242 g/mol. The maximum atomic E-state index is 11.5. The normalized spacial score (nSPS) is 14.1. The number of aromatic nitrogens is 3. The molecule has 96 valence electrons. The van der Waals surface area contributed by atoms with Crippen molar-refractivity contribution in [2.75, 3.05) is 24.7 Å². The minimum Gasteiger partial charge on any atom is -0.493 e. The molecule has 0 unspecified atom stereocenters. The average molecular weight is 253 g/mol. The van der Waals surface area contributed by atoms with Gasteiger partial charge in [-0.3, -0.25) is 0 Å². The lowest BCUT2D eigenvalue weighted by atomic mass is 10.5. The predicted octanol–water partition coefficient (Wildman–Crippen LogP) is -1.03. The minimum atomic E-state index is -0.674. The number of nitrogen functional groups attached to an aromatic ring is 2. The molecular formula is C9H11N5O4. The molecule has 0 aliphatic carbocycles. The molecule has 0 saturated carbocycles. The van der Waals surface area contributed by atoms with E-state index in [0.717, 1.165) is 0 Å². The zero-order valence-electron chi connectivity index (χ0n) is 9.33. The van der Waals surface area contributed by atoms with Crippen LogP contribution >= 0.6 is 0 Å². The quantitative estimate of drug-likeness (QED) is 0.647. The Labute approximate surface area is 102 Å². The first-order chi connectivity index (χ1) is 8.65. The van der Waals surface area contributed by atoms with Crippen LogP contribution < -0.4 is 11.5 Å². The highest BCUT2D eigenvalue weighted by Crippen LogP contribution is 2.08. The van der Waals surface area contributed by atoms with Gasteiger partial charge in [0.05, 0.1) is 0 Å². The first-order valence-corrected chi connectivity index (χ1v) is 5.03. The number of esters is 1. The van der Waals surface area contributed by atoms with Gasteiger partial charge in [0.2, 0.25) is 17.7 Å². The maximum Gasteiger partial charge on any atom is 0.377 e. The predicted molar refractivity (Wildman–Crippen MR) is 58.4 cm³/mol. The summed E-state index contributed by atoms with van der Waals surface area (Å²) in [4.78, 5) is 22.6. The fourth-order valence-electron chi connectivity index (χ4n) is 1.20. The lowest BCUT2D eigenvalue weighted by Gasteiger charge is -2.14. The van der Waals surface area contributed by atoms with Crippen molar-refractivity contribution >= 4 is 17.9 Å². The van der Waals surface area contributed by atoms with Gasteiger partial charge in [-0.25, -0.2) is 4.79 Å². The van der Waals surface area contributed by atoms with E-state index >= 15 is 0 Å². The number of hydrogen-bond donors (Lipinski definition) is 2. The minimum absolute atomic E-state index is 0.00347. The lowest BCUT2D eigenvalue weighted by Crippen LogP contribution is -2.18. The summed E-state index contributed by atoms with van der Waals surface area (Å²) >= 11 is 0. The fourth-order valence-corrected chi connectivity index (χ4v) is 1.20. The summed E-state index contributed by atoms with van der Waals surface area (Å²) < 4.78 is 14.9. The van der Waals surface area contributed by atoms with E-state index in [1.807, 2.05) is 0 Å². The van der Waals surface area contributed by atoms with E-state index in [2.05, 4.69) is 15.0 Å². The van der Waals surface area contributed by atoms with Crippen molar-refractivity contribution in [1.29, 1.82) is 0 Å². The number of rotatable bonds is 3. The van der Waals surface area contributed by atoms with Crippen LogP contribution in [0.4, 0.5) is 11.9 Å². The molecule has 0 saturated heterocycles. The molecule has 18 heavy (non-hydrogen) atoms.